The van der Waals surface area contributed by atoms with Gasteiger partial charge in [0.25, 0.3) is 0 Å². The summed E-state index contributed by atoms with van der Waals surface area (Å²) < 4.78 is 6.35. The number of hydrogen-bond donors (Lipinski definition) is 1. The smallest absolute Gasteiger partial charge is 0.146 e. The van der Waals surface area contributed by atoms with Crippen LogP contribution in [0.15, 0.2) is 21.2 Å². The third-order valence-corrected chi connectivity index (χ3v) is 6.39. The van der Waals surface area contributed by atoms with Crippen LogP contribution in [-0.4, -0.2) is 5.11 Å². The van der Waals surface area contributed by atoms with Crippen molar-refractivity contribution in [2.24, 2.45) is 23.2 Å². The summed E-state index contributed by atoms with van der Waals surface area (Å²) in [5, 5.41) is 10.5. The van der Waals surface area contributed by atoms with E-state index in [4.69, 9.17) is 4.42 Å². The van der Waals surface area contributed by atoms with Crippen molar-refractivity contribution in [1.82, 2.24) is 0 Å². The molecule has 0 spiro atoms. The van der Waals surface area contributed by atoms with Crippen LogP contribution in [0, 0.1) is 23.2 Å². The second-order valence-electron chi connectivity index (χ2n) is 7.27. The van der Waals surface area contributed by atoms with Crippen LogP contribution in [0.25, 0.3) is 0 Å². The highest BCUT2D eigenvalue weighted by Crippen LogP contribution is 2.62. The van der Waals surface area contributed by atoms with Gasteiger partial charge in [0.2, 0.25) is 0 Å². The fraction of sp³-hybridized carbons (Fsp3) is 0.750. The summed E-state index contributed by atoms with van der Waals surface area (Å²) in [5.41, 5.74) is 0.403. The molecule has 1 atom stereocenters. The molecule has 3 heteroatoms. The maximum absolute atomic E-state index is 10.5. The molecule has 0 radical (unpaired) electrons. The van der Waals surface area contributed by atoms with E-state index in [9.17, 15) is 5.11 Å². The van der Waals surface area contributed by atoms with Gasteiger partial charge in [-0.2, -0.15) is 0 Å². The van der Waals surface area contributed by atoms with Crippen LogP contribution in [0.4, 0.5) is 0 Å². The first-order valence-electron chi connectivity index (χ1n) is 7.54. The standard InChI is InChI=1S/C16H21BrO2/c17-13-1-2-19-15(13)14(18)9-16-6-10-3-11(7-16)5-12(4-10)8-16/h1-2,10-12,14,18H,3-9H2. The SMILES string of the molecule is OC(CC12CC3CC(CC(C3)C1)C2)c1occc1Br. The van der Waals surface area contributed by atoms with E-state index >= 15 is 0 Å². The second-order valence-corrected chi connectivity index (χ2v) is 8.12. The van der Waals surface area contributed by atoms with Crippen LogP contribution >= 0.6 is 15.9 Å². The van der Waals surface area contributed by atoms with E-state index in [2.05, 4.69) is 15.9 Å². The van der Waals surface area contributed by atoms with E-state index in [0.29, 0.717) is 5.41 Å². The van der Waals surface area contributed by atoms with Crippen molar-refractivity contribution in [2.45, 2.75) is 51.0 Å². The molecule has 0 saturated heterocycles. The summed E-state index contributed by atoms with van der Waals surface area (Å²) in [6.07, 6.45) is 10.5. The zero-order chi connectivity index (χ0) is 13.0. The Hall–Kier alpha value is -0.280. The molecule has 1 aromatic heterocycles. The Labute approximate surface area is 122 Å². The Morgan fingerprint density at radius 3 is 2.26 bits per heavy atom. The highest BCUT2D eigenvalue weighted by Gasteiger charge is 2.51. The molecule has 1 unspecified atom stereocenters. The molecule has 1 N–H and O–H groups in total. The van der Waals surface area contributed by atoms with Crippen LogP contribution in [-0.2, 0) is 0 Å². The topological polar surface area (TPSA) is 33.4 Å². The lowest BCUT2D eigenvalue weighted by Crippen LogP contribution is -2.46. The van der Waals surface area contributed by atoms with E-state index in [1.165, 1.54) is 38.5 Å². The Bertz CT molecular complexity index is 444. The van der Waals surface area contributed by atoms with Gasteiger partial charge in [-0.1, -0.05) is 0 Å². The maximum Gasteiger partial charge on any atom is 0.146 e. The van der Waals surface area contributed by atoms with Crippen molar-refractivity contribution in [3.05, 3.63) is 22.6 Å². The van der Waals surface area contributed by atoms with Gasteiger partial charge in [-0.3, -0.25) is 0 Å². The van der Waals surface area contributed by atoms with Gasteiger partial charge >= 0.3 is 0 Å². The van der Waals surface area contributed by atoms with E-state index in [1.54, 1.807) is 6.26 Å². The highest BCUT2D eigenvalue weighted by molar-refractivity contribution is 9.10. The Kier molecular flexibility index (Phi) is 2.86. The lowest BCUT2D eigenvalue weighted by atomic mass is 9.48. The molecule has 1 aromatic rings. The molecule has 5 rings (SSSR count). The highest BCUT2D eigenvalue weighted by atomic mass is 79.9. The van der Waals surface area contributed by atoms with Crippen LogP contribution in [0.3, 0.4) is 0 Å². The normalized spacial score (nSPS) is 41.7. The molecule has 4 aliphatic carbocycles. The van der Waals surface area contributed by atoms with Crippen molar-refractivity contribution in [3.63, 3.8) is 0 Å². The molecular formula is C16H21BrO2. The fourth-order valence-corrected chi connectivity index (χ4v) is 6.05. The summed E-state index contributed by atoms with van der Waals surface area (Å²) in [6, 6.07) is 1.87. The summed E-state index contributed by atoms with van der Waals surface area (Å²) in [4.78, 5) is 0. The summed E-state index contributed by atoms with van der Waals surface area (Å²) in [6.45, 7) is 0. The Morgan fingerprint density at radius 2 is 1.79 bits per heavy atom. The number of hydrogen-bond acceptors (Lipinski definition) is 2. The van der Waals surface area contributed by atoms with Gasteiger partial charge in [-0.05, 0) is 90.1 Å². The summed E-state index contributed by atoms with van der Waals surface area (Å²) in [7, 11) is 0. The van der Waals surface area contributed by atoms with E-state index in [-0.39, 0.29) is 0 Å². The average molecular weight is 325 g/mol. The van der Waals surface area contributed by atoms with Crippen molar-refractivity contribution >= 4 is 15.9 Å². The fourth-order valence-electron chi connectivity index (χ4n) is 5.59. The molecule has 4 bridgehead atoms. The van der Waals surface area contributed by atoms with Gasteiger partial charge in [0, 0.05) is 0 Å². The minimum atomic E-state index is -0.444. The molecule has 2 nitrogen and oxygen atoms in total. The molecular weight excluding hydrogens is 304 g/mol. The summed E-state index contributed by atoms with van der Waals surface area (Å²) in [5.74, 6) is 3.55. The van der Waals surface area contributed by atoms with Gasteiger partial charge in [-0.15, -0.1) is 0 Å². The van der Waals surface area contributed by atoms with E-state index < -0.39 is 6.10 Å². The van der Waals surface area contributed by atoms with Crippen molar-refractivity contribution < 1.29 is 9.52 Å². The van der Waals surface area contributed by atoms with Crippen molar-refractivity contribution in [3.8, 4) is 0 Å². The van der Waals surface area contributed by atoms with Crippen molar-refractivity contribution in [1.29, 1.82) is 0 Å². The zero-order valence-corrected chi connectivity index (χ0v) is 12.7. The minimum Gasteiger partial charge on any atom is -0.465 e. The van der Waals surface area contributed by atoms with Gasteiger partial charge < -0.3 is 9.52 Å². The zero-order valence-electron chi connectivity index (χ0n) is 11.1. The Morgan fingerprint density at radius 1 is 1.21 bits per heavy atom. The van der Waals surface area contributed by atoms with Crippen LogP contribution < -0.4 is 0 Å². The van der Waals surface area contributed by atoms with Gasteiger partial charge in [-0.25, -0.2) is 0 Å². The monoisotopic (exact) mass is 324 g/mol. The Balaban J connectivity index is 1.55. The number of rotatable bonds is 3. The van der Waals surface area contributed by atoms with Crippen LogP contribution in [0.1, 0.15) is 56.8 Å². The molecule has 19 heavy (non-hydrogen) atoms. The first-order chi connectivity index (χ1) is 9.13. The molecule has 0 aromatic carbocycles. The van der Waals surface area contributed by atoms with Crippen molar-refractivity contribution in [2.75, 3.05) is 0 Å². The lowest BCUT2D eigenvalue weighted by Gasteiger charge is -2.57. The lowest BCUT2D eigenvalue weighted by molar-refractivity contribution is -0.0788. The third-order valence-electron chi connectivity index (χ3n) is 5.74. The maximum atomic E-state index is 10.5. The third kappa shape index (κ3) is 2.09. The van der Waals surface area contributed by atoms with Crippen LogP contribution in [0.5, 0.6) is 0 Å². The molecule has 0 amide bonds. The molecule has 0 aliphatic heterocycles. The molecule has 104 valence electrons. The van der Waals surface area contributed by atoms with E-state index in [0.717, 1.165) is 34.4 Å². The molecule has 4 aliphatic rings. The van der Waals surface area contributed by atoms with Gasteiger partial charge in [0.1, 0.15) is 11.9 Å². The molecule has 1 heterocycles. The van der Waals surface area contributed by atoms with Crippen LogP contribution in [0.2, 0.25) is 0 Å². The number of aliphatic hydroxyl groups excluding tert-OH is 1. The average Bonchev–Trinajstić information content (AvgIpc) is 2.72. The largest absolute Gasteiger partial charge is 0.465 e. The quantitative estimate of drug-likeness (QED) is 0.875. The number of aliphatic hydroxyl groups is 1. The first kappa shape index (κ1) is 12.5. The number of halogens is 1. The predicted octanol–water partition coefficient (Wildman–Crippen LogP) is 4.68. The van der Waals surface area contributed by atoms with E-state index in [1.807, 2.05) is 6.07 Å². The second kappa shape index (κ2) is 4.36. The molecule has 4 fully saturated rings. The van der Waals surface area contributed by atoms with Gasteiger partial charge in [0.05, 0.1) is 10.7 Å². The molecule has 4 saturated carbocycles. The van der Waals surface area contributed by atoms with Gasteiger partial charge in [0.15, 0.2) is 0 Å². The minimum absolute atomic E-state index is 0.403. The first-order valence-corrected chi connectivity index (χ1v) is 8.34. The predicted molar refractivity (Wildman–Crippen MR) is 76.6 cm³/mol. The summed E-state index contributed by atoms with van der Waals surface area (Å²) >= 11 is 3.46. The number of furan rings is 1.